The second-order valence-electron chi connectivity index (χ2n) is 5.75. The maximum atomic E-state index is 12.1. The largest absolute Gasteiger partial charge is 0.360 e. The molecule has 0 saturated carbocycles. The van der Waals surface area contributed by atoms with Crippen molar-refractivity contribution in [3.05, 3.63) is 59.6 Å². The zero-order valence-corrected chi connectivity index (χ0v) is 14.1. The number of carbonyl (C=O) groups excluding carboxylic acids is 1. The number of nitrogens with zero attached hydrogens (tertiary/aromatic N) is 2. The van der Waals surface area contributed by atoms with Gasteiger partial charge in [-0.2, -0.15) is 5.10 Å². The van der Waals surface area contributed by atoms with Gasteiger partial charge in [0.05, 0.1) is 17.9 Å². The van der Waals surface area contributed by atoms with Crippen LogP contribution in [0, 0.1) is 6.92 Å². The molecule has 0 bridgehead atoms. The van der Waals surface area contributed by atoms with E-state index in [0.717, 1.165) is 35.7 Å². The third-order valence-corrected chi connectivity index (χ3v) is 3.69. The van der Waals surface area contributed by atoms with E-state index in [-0.39, 0.29) is 5.91 Å². The maximum absolute atomic E-state index is 12.1. The van der Waals surface area contributed by atoms with Gasteiger partial charge in [0.2, 0.25) is 0 Å². The molecule has 0 saturated heterocycles. The molecule has 3 rings (SSSR count). The number of rotatable bonds is 8. The van der Waals surface area contributed by atoms with Gasteiger partial charge in [-0.3, -0.25) is 9.89 Å². The van der Waals surface area contributed by atoms with Crippen LogP contribution in [0.2, 0.25) is 0 Å². The fourth-order valence-corrected chi connectivity index (χ4v) is 2.42. The van der Waals surface area contributed by atoms with Crippen LogP contribution in [0.15, 0.2) is 47.0 Å². The summed E-state index contributed by atoms with van der Waals surface area (Å²) >= 11 is 0. The lowest BCUT2D eigenvalue weighted by Crippen LogP contribution is -2.27. The van der Waals surface area contributed by atoms with Crippen LogP contribution in [-0.2, 0) is 6.54 Å². The average molecular weight is 339 g/mol. The highest BCUT2D eigenvalue weighted by molar-refractivity contribution is 5.93. The molecule has 3 N–H and O–H groups in total. The molecule has 1 amide bonds. The fourth-order valence-electron chi connectivity index (χ4n) is 2.42. The number of aromatic nitrogens is 3. The number of hydrogen-bond donors (Lipinski definition) is 3. The highest BCUT2D eigenvalue weighted by Crippen LogP contribution is 2.16. The van der Waals surface area contributed by atoms with Crippen molar-refractivity contribution >= 4 is 5.91 Å². The Hall–Kier alpha value is -2.93. The van der Waals surface area contributed by atoms with Crippen LogP contribution in [0.25, 0.3) is 11.3 Å². The number of benzene rings is 1. The van der Waals surface area contributed by atoms with E-state index in [0.29, 0.717) is 18.8 Å². The average Bonchev–Trinajstić information content (AvgIpc) is 3.28. The third kappa shape index (κ3) is 4.77. The molecule has 2 heterocycles. The molecule has 0 aliphatic carbocycles. The van der Waals surface area contributed by atoms with Gasteiger partial charge in [0.25, 0.3) is 5.91 Å². The lowest BCUT2D eigenvalue weighted by Gasteiger charge is -2.04. The Balaban J connectivity index is 1.37. The van der Waals surface area contributed by atoms with Crippen molar-refractivity contribution in [3.63, 3.8) is 0 Å². The van der Waals surface area contributed by atoms with Crippen LogP contribution in [-0.4, -0.2) is 34.4 Å². The van der Waals surface area contributed by atoms with E-state index in [9.17, 15) is 4.79 Å². The smallest absolute Gasteiger partial charge is 0.271 e. The van der Waals surface area contributed by atoms with Crippen LogP contribution >= 0.6 is 0 Å². The van der Waals surface area contributed by atoms with Gasteiger partial charge in [-0.15, -0.1) is 0 Å². The lowest BCUT2D eigenvalue weighted by atomic mass is 10.1. The summed E-state index contributed by atoms with van der Waals surface area (Å²) < 4.78 is 5.11. The number of aryl methyl sites for hydroxylation is 1. The predicted molar refractivity (Wildman–Crippen MR) is 93.9 cm³/mol. The summed E-state index contributed by atoms with van der Waals surface area (Å²) in [6, 6.07) is 13.4. The second-order valence-corrected chi connectivity index (χ2v) is 5.75. The molecule has 25 heavy (non-hydrogen) atoms. The minimum atomic E-state index is -0.177. The van der Waals surface area contributed by atoms with Crippen molar-refractivity contribution in [2.45, 2.75) is 19.9 Å². The molecule has 7 nitrogen and oxygen atoms in total. The Morgan fingerprint density at radius 3 is 2.80 bits per heavy atom. The summed E-state index contributed by atoms with van der Waals surface area (Å²) in [5.74, 6) is 0.635. The number of hydrogen-bond acceptors (Lipinski definition) is 5. The van der Waals surface area contributed by atoms with Crippen LogP contribution in [0.3, 0.4) is 0 Å². The first kappa shape index (κ1) is 16.9. The number of carbonyl (C=O) groups is 1. The topological polar surface area (TPSA) is 95.8 Å². The molecule has 0 aliphatic rings. The standard InChI is InChI=1S/C18H21N5O2/c1-13-10-15(25-23-13)12-19-8-5-9-20-18(24)17-11-16(21-22-17)14-6-3-2-4-7-14/h2-4,6-7,10-11,19H,5,8-9,12H2,1H3,(H,20,24)(H,21,22). The number of aromatic amines is 1. The summed E-state index contributed by atoms with van der Waals surface area (Å²) in [6.45, 7) is 3.88. The molecule has 0 radical (unpaired) electrons. The van der Waals surface area contributed by atoms with Crippen LogP contribution < -0.4 is 10.6 Å². The van der Waals surface area contributed by atoms with Gasteiger partial charge in [0.1, 0.15) is 0 Å². The van der Waals surface area contributed by atoms with Gasteiger partial charge >= 0.3 is 0 Å². The highest BCUT2D eigenvalue weighted by Gasteiger charge is 2.10. The maximum Gasteiger partial charge on any atom is 0.271 e. The van der Waals surface area contributed by atoms with E-state index < -0.39 is 0 Å². The minimum absolute atomic E-state index is 0.177. The second kappa shape index (κ2) is 8.25. The first-order valence-corrected chi connectivity index (χ1v) is 8.24. The first-order chi connectivity index (χ1) is 12.2. The van der Waals surface area contributed by atoms with Gasteiger partial charge in [-0.25, -0.2) is 0 Å². The van der Waals surface area contributed by atoms with Crippen molar-refractivity contribution in [1.29, 1.82) is 0 Å². The number of H-pyrrole nitrogens is 1. The van der Waals surface area contributed by atoms with Gasteiger partial charge in [-0.1, -0.05) is 35.5 Å². The molecular formula is C18H21N5O2. The predicted octanol–water partition coefficient (Wildman–Crippen LogP) is 2.28. The summed E-state index contributed by atoms with van der Waals surface area (Å²) in [4.78, 5) is 12.1. The van der Waals surface area contributed by atoms with Crippen molar-refractivity contribution < 1.29 is 9.32 Å². The van der Waals surface area contributed by atoms with Gasteiger partial charge in [0.15, 0.2) is 11.5 Å². The third-order valence-electron chi connectivity index (χ3n) is 3.69. The summed E-state index contributed by atoms with van der Waals surface area (Å²) in [5, 5.41) is 16.9. The highest BCUT2D eigenvalue weighted by atomic mass is 16.5. The number of amides is 1. The summed E-state index contributed by atoms with van der Waals surface area (Å²) in [6.07, 6.45) is 0.814. The zero-order chi connectivity index (χ0) is 17.5. The van der Waals surface area contributed by atoms with Crippen molar-refractivity contribution in [3.8, 4) is 11.3 Å². The van der Waals surface area contributed by atoms with E-state index in [4.69, 9.17) is 4.52 Å². The Bertz CT molecular complexity index is 810. The molecule has 2 aromatic heterocycles. The van der Waals surface area contributed by atoms with Crippen LogP contribution in [0.5, 0.6) is 0 Å². The molecule has 0 atom stereocenters. The van der Waals surface area contributed by atoms with E-state index in [1.807, 2.05) is 43.3 Å². The molecule has 7 heteroatoms. The zero-order valence-electron chi connectivity index (χ0n) is 14.1. The molecular weight excluding hydrogens is 318 g/mol. The van der Waals surface area contributed by atoms with E-state index in [2.05, 4.69) is 26.0 Å². The molecule has 0 unspecified atom stereocenters. The minimum Gasteiger partial charge on any atom is -0.360 e. The van der Waals surface area contributed by atoms with Crippen molar-refractivity contribution in [2.75, 3.05) is 13.1 Å². The lowest BCUT2D eigenvalue weighted by molar-refractivity contribution is 0.0948. The molecule has 0 spiro atoms. The Labute approximate surface area is 145 Å². The molecule has 3 aromatic rings. The molecule has 0 fully saturated rings. The molecule has 1 aromatic carbocycles. The van der Waals surface area contributed by atoms with Crippen LogP contribution in [0.4, 0.5) is 0 Å². The van der Waals surface area contributed by atoms with E-state index >= 15 is 0 Å². The summed E-state index contributed by atoms with van der Waals surface area (Å²) in [5.41, 5.74) is 3.09. The van der Waals surface area contributed by atoms with Gasteiger partial charge < -0.3 is 15.2 Å². The monoisotopic (exact) mass is 339 g/mol. The van der Waals surface area contributed by atoms with E-state index in [1.165, 1.54) is 0 Å². The Kier molecular flexibility index (Phi) is 5.58. The van der Waals surface area contributed by atoms with Gasteiger partial charge in [0, 0.05) is 12.6 Å². The van der Waals surface area contributed by atoms with Crippen LogP contribution in [0.1, 0.15) is 28.4 Å². The SMILES string of the molecule is Cc1cc(CNCCCNC(=O)c2cc(-c3ccccc3)[nH]n2)on1. The van der Waals surface area contributed by atoms with E-state index in [1.54, 1.807) is 6.07 Å². The van der Waals surface area contributed by atoms with Crippen molar-refractivity contribution in [2.24, 2.45) is 0 Å². The summed E-state index contributed by atoms with van der Waals surface area (Å²) in [7, 11) is 0. The molecule has 0 aliphatic heterocycles. The fraction of sp³-hybridized carbons (Fsp3) is 0.278. The van der Waals surface area contributed by atoms with Gasteiger partial charge in [-0.05, 0) is 31.5 Å². The number of nitrogens with one attached hydrogen (secondary N) is 3. The quantitative estimate of drug-likeness (QED) is 0.547. The Morgan fingerprint density at radius 1 is 1.20 bits per heavy atom. The molecule has 130 valence electrons. The van der Waals surface area contributed by atoms with Crippen molar-refractivity contribution in [1.82, 2.24) is 26.0 Å². The normalized spacial score (nSPS) is 10.8. The first-order valence-electron chi connectivity index (χ1n) is 8.24. The Morgan fingerprint density at radius 2 is 2.04 bits per heavy atom.